The van der Waals surface area contributed by atoms with E-state index in [2.05, 4.69) is 53.6 Å². The Kier molecular flexibility index (Phi) is 6.49. The van der Waals surface area contributed by atoms with Gasteiger partial charge in [-0.1, -0.05) is 42.5 Å². The molecule has 30 heavy (non-hydrogen) atoms. The number of halogens is 1. The van der Waals surface area contributed by atoms with Crippen molar-refractivity contribution in [3.05, 3.63) is 71.0 Å². The molecule has 0 unspecified atom stereocenters. The summed E-state index contributed by atoms with van der Waals surface area (Å²) in [7, 11) is 0. The molecule has 1 amide bonds. The van der Waals surface area contributed by atoms with E-state index in [0.717, 1.165) is 25.8 Å². The van der Waals surface area contributed by atoms with Crippen molar-refractivity contribution in [1.29, 1.82) is 0 Å². The molecule has 0 saturated carbocycles. The maximum Gasteiger partial charge on any atom is 0.237 e. The molecule has 0 aromatic heterocycles. The monoisotopic (exact) mass is 409 g/mol. The van der Waals surface area contributed by atoms with Crippen LogP contribution in [0.25, 0.3) is 0 Å². The second kappa shape index (κ2) is 9.27. The second-order valence-electron chi connectivity index (χ2n) is 8.91. The van der Waals surface area contributed by atoms with Crippen LogP contribution in [0, 0.1) is 5.82 Å². The van der Waals surface area contributed by atoms with Crippen LogP contribution in [-0.4, -0.2) is 48.1 Å². The molecule has 1 heterocycles. The van der Waals surface area contributed by atoms with Gasteiger partial charge >= 0.3 is 0 Å². The number of amides is 1. The zero-order valence-corrected chi connectivity index (χ0v) is 17.9. The van der Waals surface area contributed by atoms with Gasteiger partial charge in [0.2, 0.25) is 5.91 Å². The average molecular weight is 410 g/mol. The van der Waals surface area contributed by atoms with Gasteiger partial charge in [0, 0.05) is 31.2 Å². The number of rotatable bonds is 7. The zero-order valence-electron chi connectivity index (χ0n) is 17.9. The molecule has 160 valence electrons. The maximum atomic E-state index is 13.8. The predicted octanol–water partition coefficient (Wildman–Crippen LogP) is 3.09. The van der Waals surface area contributed by atoms with E-state index in [4.69, 9.17) is 0 Å². The standard InChI is InChI=1S/C25H32FN3O/c1-17(2)29-16-22(28-21-13-19-8-3-4-9-20(19)14-21)15-24(29)25(30)27-12-11-18-7-5-6-10-23(18)26/h3-10,17,21-22,24,28H,11-16H2,1-2H3,(H,27,30)/t22-,24+/m1/s1. The quantitative estimate of drug-likeness (QED) is 0.739. The van der Waals surface area contributed by atoms with Gasteiger partial charge in [-0.25, -0.2) is 4.39 Å². The largest absolute Gasteiger partial charge is 0.354 e. The molecule has 4 rings (SSSR count). The normalized spacial score (nSPS) is 21.9. The number of fused-ring (bicyclic) bond motifs is 1. The smallest absolute Gasteiger partial charge is 0.237 e. The van der Waals surface area contributed by atoms with Crippen LogP contribution in [0.3, 0.4) is 0 Å². The molecule has 2 N–H and O–H groups in total. The minimum absolute atomic E-state index is 0.0547. The van der Waals surface area contributed by atoms with Gasteiger partial charge in [0.1, 0.15) is 5.82 Å². The Hall–Kier alpha value is -2.24. The molecule has 2 atom stereocenters. The summed E-state index contributed by atoms with van der Waals surface area (Å²) in [4.78, 5) is 15.2. The van der Waals surface area contributed by atoms with E-state index in [1.54, 1.807) is 12.1 Å². The minimum Gasteiger partial charge on any atom is -0.354 e. The number of nitrogens with one attached hydrogen (secondary N) is 2. The summed E-state index contributed by atoms with van der Waals surface area (Å²) in [5.74, 6) is -0.155. The number of carbonyl (C=O) groups excluding carboxylic acids is 1. The topological polar surface area (TPSA) is 44.4 Å². The van der Waals surface area contributed by atoms with Crippen LogP contribution < -0.4 is 10.6 Å². The van der Waals surface area contributed by atoms with Gasteiger partial charge in [-0.15, -0.1) is 0 Å². The zero-order chi connectivity index (χ0) is 21.1. The summed E-state index contributed by atoms with van der Waals surface area (Å²) in [6, 6.07) is 16.4. The van der Waals surface area contributed by atoms with Crippen LogP contribution in [0.4, 0.5) is 4.39 Å². The third-order valence-electron chi connectivity index (χ3n) is 6.48. The van der Waals surface area contributed by atoms with Gasteiger partial charge in [0.25, 0.3) is 0 Å². The van der Waals surface area contributed by atoms with E-state index in [1.165, 1.54) is 17.2 Å². The Morgan fingerprint density at radius 2 is 1.73 bits per heavy atom. The molecule has 0 radical (unpaired) electrons. The fraction of sp³-hybridized carbons (Fsp3) is 0.480. The first-order valence-corrected chi connectivity index (χ1v) is 11.1. The maximum absolute atomic E-state index is 13.8. The highest BCUT2D eigenvalue weighted by Crippen LogP contribution is 2.25. The van der Waals surface area contributed by atoms with Crippen LogP contribution in [0.1, 0.15) is 37.0 Å². The van der Waals surface area contributed by atoms with Crippen molar-refractivity contribution in [1.82, 2.24) is 15.5 Å². The highest BCUT2D eigenvalue weighted by molar-refractivity contribution is 5.82. The predicted molar refractivity (Wildman–Crippen MR) is 118 cm³/mol. The first kappa shape index (κ1) is 21.0. The second-order valence-corrected chi connectivity index (χ2v) is 8.91. The molecule has 0 bridgehead atoms. The lowest BCUT2D eigenvalue weighted by Crippen LogP contribution is -2.46. The summed E-state index contributed by atoms with van der Waals surface area (Å²) in [6.45, 7) is 5.63. The molecular formula is C25H32FN3O. The summed E-state index contributed by atoms with van der Waals surface area (Å²) in [6.07, 6.45) is 3.45. The molecule has 2 aromatic carbocycles. The summed E-state index contributed by atoms with van der Waals surface area (Å²) in [5, 5.41) is 6.85. The van der Waals surface area contributed by atoms with Crippen molar-refractivity contribution >= 4 is 5.91 Å². The van der Waals surface area contributed by atoms with Crippen molar-refractivity contribution in [2.75, 3.05) is 13.1 Å². The lowest BCUT2D eigenvalue weighted by molar-refractivity contribution is -0.126. The summed E-state index contributed by atoms with van der Waals surface area (Å²) >= 11 is 0. The number of benzene rings is 2. The van der Waals surface area contributed by atoms with Crippen molar-refractivity contribution < 1.29 is 9.18 Å². The van der Waals surface area contributed by atoms with Gasteiger partial charge in [0.05, 0.1) is 6.04 Å². The molecule has 1 aliphatic heterocycles. The Bertz CT molecular complexity index is 859. The molecule has 2 aliphatic rings. The van der Waals surface area contributed by atoms with E-state index in [1.807, 2.05) is 6.07 Å². The SMILES string of the molecule is CC(C)N1C[C@H](NC2Cc3ccccc3C2)C[C@H]1C(=O)NCCc1ccccc1F. The van der Waals surface area contributed by atoms with Crippen LogP contribution in [0.15, 0.2) is 48.5 Å². The summed E-state index contributed by atoms with van der Waals surface area (Å²) in [5.41, 5.74) is 3.53. The highest BCUT2D eigenvalue weighted by atomic mass is 19.1. The van der Waals surface area contributed by atoms with E-state index in [9.17, 15) is 9.18 Å². The van der Waals surface area contributed by atoms with Crippen LogP contribution in [0.2, 0.25) is 0 Å². The lowest BCUT2D eigenvalue weighted by atomic mass is 10.1. The average Bonchev–Trinajstić information content (AvgIpc) is 3.33. The Labute approximate surface area is 178 Å². The Morgan fingerprint density at radius 3 is 2.40 bits per heavy atom. The van der Waals surface area contributed by atoms with Gasteiger partial charge in [0.15, 0.2) is 0 Å². The molecule has 2 aromatic rings. The van der Waals surface area contributed by atoms with Gasteiger partial charge < -0.3 is 10.6 Å². The molecule has 0 spiro atoms. The molecule has 5 heteroatoms. The molecule has 1 aliphatic carbocycles. The summed E-state index contributed by atoms with van der Waals surface area (Å²) < 4.78 is 13.8. The number of hydrogen-bond acceptors (Lipinski definition) is 3. The third-order valence-corrected chi connectivity index (χ3v) is 6.48. The first-order valence-electron chi connectivity index (χ1n) is 11.1. The van der Waals surface area contributed by atoms with E-state index < -0.39 is 0 Å². The van der Waals surface area contributed by atoms with Crippen molar-refractivity contribution in [2.45, 2.75) is 63.7 Å². The molecule has 1 saturated heterocycles. The number of nitrogens with zero attached hydrogens (tertiary/aromatic N) is 1. The van der Waals surface area contributed by atoms with Gasteiger partial charge in [-0.05, 0) is 62.3 Å². The van der Waals surface area contributed by atoms with Crippen LogP contribution in [-0.2, 0) is 24.1 Å². The molecular weight excluding hydrogens is 377 g/mol. The minimum atomic E-state index is -0.210. The molecule has 4 nitrogen and oxygen atoms in total. The highest BCUT2D eigenvalue weighted by Gasteiger charge is 2.39. The van der Waals surface area contributed by atoms with Gasteiger partial charge in [-0.3, -0.25) is 9.69 Å². The van der Waals surface area contributed by atoms with E-state index >= 15 is 0 Å². The fourth-order valence-electron chi connectivity index (χ4n) is 4.96. The van der Waals surface area contributed by atoms with Crippen molar-refractivity contribution in [2.24, 2.45) is 0 Å². The van der Waals surface area contributed by atoms with Crippen LogP contribution >= 0.6 is 0 Å². The fourth-order valence-corrected chi connectivity index (χ4v) is 4.96. The van der Waals surface area contributed by atoms with Crippen molar-refractivity contribution in [3.8, 4) is 0 Å². The lowest BCUT2D eigenvalue weighted by Gasteiger charge is -2.27. The van der Waals surface area contributed by atoms with Gasteiger partial charge in [-0.2, -0.15) is 0 Å². The Balaban J connectivity index is 1.31. The van der Waals surface area contributed by atoms with E-state index in [0.29, 0.717) is 36.7 Å². The molecule has 1 fully saturated rings. The van der Waals surface area contributed by atoms with Crippen LogP contribution in [0.5, 0.6) is 0 Å². The third kappa shape index (κ3) is 4.73. The van der Waals surface area contributed by atoms with Crippen molar-refractivity contribution in [3.63, 3.8) is 0 Å². The number of likely N-dealkylation sites (tertiary alicyclic amines) is 1. The first-order chi connectivity index (χ1) is 14.5. The van der Waals surface area contributed by atoms with E-state index in [-0.39, 0.29) is 17.8 Å². The number of hydrogen-bond donors (Lipinski definition) is 2. The number of carbonyl (C=O) groups is 1. The Morgan fingerprint density at radius 1 is 1.07 bits per heavy atom.